The maximum absolute atomic E-state index is 5.35. The Labute approximate surface area is 159 Å². The molecule has 1 rings (SSSR count). The van der Waals surface area contributed by atoms with E-state index in [2.05, 4.69) is 29.2 Å². The molecule has 0 aromatic heterocycles. The number of benzene rings is 1. The molecule has 0 bridgehead atoms. The molecule has 6 heteroatoms. The van der Waals surface area contributed by atoms with Crippen molar-refractivity contribution < 1.29 is 18.9 Å². The van der Waals surface area contributed by atoms with Crippen LogP contribution >= 0.6 is 12.4 Å². The van der Waals surface area contributed by atoms with Gasteiger partial charge in [-0.2, -0.15) is 0 Å². The molecule has 25 heavy (non-hydrogen) atoms. The van der Waals surface area contributed by atoms with Crippen LogP contribution in [0.2, 0.25) is 0 Å². The van der Waals surface area contributed by atoms with Crippen LogP contribution in [0.25, 0.3) is 0 Å². The number of halogens is 1. The van der Waals surface area contributed by atoms with E-state index in [1.165, 1.54) is 5.56 Å². The number of rotatable bonds is 14. The predicted molar refractivity (Wildman–Crippen MR) is 103 cm³/mol. The van der Waals surface area contributed by atoms with Gasteiger partial charge in [-0.05, 0) is 5.56 Å². The van der Waals surface area contributed by atoms with Crippen molar-refractivity contribution in [2.24, 2.45) is 11.8 Å². The average Bonchev–Trinajstić information content (AvgIpc) is 2.56. The molecule has 0 aliphatic heterocycles. The molecule has 0 saturated heterocycles. The van der Waals surface area contributed by atoms with Crippen molar-refractivity contribution in [3.63, 3.8) is 0 Å². The minimum Gasteiger partial charge on any atom is -0.384 e. The maximum atomic E-state index is 5.35. The van der Waals surface area contributed by atoms with Gasteiger partial charge in [0.15, 0.2) is 0 Å². The molecule has 1 aromatic carbocycles. The smallest absolute Gasteiger partial charge is 0.0524 e. The second-order valence-electron chi connectivity index (χ2n) is 6.23. The highest BCUT2D eigenvalue weighted by Gasteiger charge is 2.19. The molecule has 0 saturated carbocycles. The van der Waals surface area contributed by atoms with E-state index in [4.69, 9.17) is 18.9 Å². The van der Waals surface area contributed by atoms with Gasteiger partial charge in [0.1, 0.15) is 0 Å². The molecule has 0 aliphatic rings. The minimum absolute atomic E-state index is 0. The van der Waals surface area contributed by atoms with Crippen LogP contribution in [0.4, 0.5) is 0 Å². The van der Waals surface area contributed by atoms with Gasteiger partial charge in [-0.15, -0.1) is 12.4 Å². The van der Waals surface area contributed by atoms with Gasteiger partial charge in [0.2, 0.25) is 0 Å². The third-order valence-electron chi connectivity index (χ3n) is 3.89. The average molecular weight is 376 g/mol. The third kappa shape index (κ3) is 10.8. The summed E-state index contributed by atoms with van der Waals surface area (Å²) < 4.78 is 21.4. The van der Waals surface area contributed by atoms with Crippen LogP contribution < -0.4 is 0 Å². The molecular weight excluding hydrogens is 342 g/mol. The van der Waals surface area contributed by atoms with E-state index in [9.17, 15) is 0 Å². The molecule has 0 fully saturated rings. The van der Waals surface area contributed by atoms with Crippen molar-refractivity contribution in [2.45, 2.75) is 6.54 Å². The summed E-state index contributed by atoms with van der Waals surface area (Å²) in [6.45, 7) is 5.50. The van der Waals surface area contributed by atoms with E-state index in [1.54, 1.807) is 28.4 Å². The molecule has 0 amide bonds. The Balaban J connectivity index is 0.00000576. The Morgan fingerprint density at radius 2 is 1.12 bits per heavy atom. The fourth-order valence-corrected chi connectivity index (χ4v) is 3.03. The number of nitrogens with zero attached hydrogens (tertiary/aromatic N) is 1. The fraction of sp³-hybridized carbons (Fsp3) is 0.684. The normalized spacial score (nSPS) is 11.3. The summed E-state index contributed by atoms with van der Waals surface area (Å²) in [6.07, 6.45) is 0. The lowest BCUT2D eigenvalue weighted by molar-refractivity contribution is 0.0330. The number of ether oxygens (including phenoxy) is 4. The van der Waals surface area contributed by atoms with Crippen LogP contribution in [-0.2, 0) is 25.5 Å². The number of hydrogen-bond donors (Lipinski definition) is 0. The summed E-state index contributed by atoms with van der Waals surface area (Å²) in [5.41, 5.74) is 1.31. The van der Waals surface area contributed by atoms with Gasteiger partial charge in [0.25, 0.3) is 0 Å². The molecule has 1 aromatic rings. The van der Waals surface area contributed by atoms with Gasteiger partial charge in [0, 0.05) is 59.9 Å². The molecule has 0 radical (unpaired) electrons. The molecule has 0 atom stereocenters. The predicted octanol–water partition coefficient (Wildman–Crippen LogP) is 2.73. The Morgan fingerprint density at radius 3 is 1.48 bits per heavy atom. The van der Waals surface area contributed by atoms with Gasteiger partial charge in [-0.25, -0.2) is 0 Å². The standard InChI is InChI=1S/C19H33NO4.ClH/c1-21-13-18(14-22-2)11-20(10-17-8-6-5-7-9-17)12-19(15-23-3)16-24-4;/h5-9,18-19H,10-16H2,1-4H3;1H. The highest BCUT2D eigenvalue weighted by molar-refractivity contribution is 5.85. The molecule has 0 heterocycles. The molecule has 0 aliphatic carbocycles. The van der Waals surface area contributed by atoms with E-state index in [0.29, 0.717) is 38.3 Å². The largest absolute Gasteiger partial charge is 0.384 e. The first-order valence-corrected chi connectivity index (χ1v) is 8.45. The molecule has 0 unspecified atom stereocenters. The molecule has 146 valence electrons. The van der Waals surface area contributed by atoms with E-state index in [-0.39, 0.29) is 12.4 Å². The summed E-state index contributed by atoms with van der Waals surface area (Å²) in [4.78, 5) is 2.45. The van der Waals surface area contributed by atoms with Gasteiger partial charge >= 0.3 is 0 Å². The summed E-state index contributed by atoms with van der Waals surface area (Å²) >= 11 is 0. The number of hydrogen-bond acceptors (Lipinski definition) is 5. The topological polar surface area (TPSA) is 40.2 Å². The SMILES string of the molecule is COCC(COC)CN(Cc1ccccc1)CC(COC)COC.Cl. The van der Waals surface area contributed by atoms with Crippen molar-refractivity contribution in [1.29, 1.82) is 0 Å². The Hall–Kier alpha value is -0.690. The van der Waals surface area contributed by atoms with Gasteiger partial charge in [-0.1, -0.05) is 30.3 Å². The first-order chi connectivity index (χ1) is 11.7. The highest BCUT2D eigenvalue weighted by Crippen LogP contribution is 2.12. The Morgan fingerprint density at radius 1 is 0.720 bits per heavy atom. The van der Waals surface area contributed by atoms with Gasteiger partial charge in [0.05, 0.1) is 26.4 Å². The molecule has 0 spiro atoms. The Kier molecular flexibility index (Phi) is 15.1. The van der Waals surface area contributed by atoms with E-state index >= 15 is 0 Å². The third-order valence-corrected chi connectivity index (χ3v) is 3.89. The molecular formula is C19H34ClNO4. The van der Waals surface area contributed by atoms with Crippen LogP contribution in [0.15, 0.2) is 30.3 Å². The zero-order chi connectivity index (χ0) is 17.6. The minimum atomic E-state index is 0. The fourth-order valence-electron chi connectivity index (χ4n) is 3.03. The van der Waals surface area contributed by atoms with Crippen LogP contribution in [0.5, 0.6) is 0 Å². The second kappa shape index (κ2) is 15.6. The van der Waals surface area contributed by atoms with Crippen LogP contribution in [0, 0.1) is 11.8 Å². The lowest BCUT2D eigenvalue weighted by atomic mass is 10.1. The zero-order valence-electron chi connectivity index (χ0n) is 16.0. The van der Waals surface area contributed by atoms with E-state index in [0.717, 1.165) is 19.6 Å². The highest BCUT2D eigenvalue weighted by atomic mass is 35.5. The van der Waals surface area contributed by atoms with E-state index in [1.807, 2.05) is 6.07 Å². The van der Waals surface area contributed by atoms with Crippen molar-refractivity contribution in [2.75, 3.05) is 68.0 Å². The first-order valence-electron chi connectivity index (χ1n) is 8.45. The van der Waals surface area contributed by atoms with Crippen molar-refractivity contribution in [3.05, 3.63) is 35.9 Å². The Bertz CT molecular complexity index is 378. The summed E-state index contributed by atoms with van der Waals surface area (Å²) in [7, 11) is 6.96. The number of methoxy groups -OCH3 is 4. The maximum Gasteiger partial charge on any atom is 0.0524 e. The van der Waals surface area contributed by atoms with Crippen LogP contribution in [0.1, 0.15) is 5.56 Å². The second-order valence-corrected chi connectivity index (χ2v) is 6.23. The van der Waals surface area contributed by atoms with Gasteiger partial charge in [-0.3, -0.25) is 4.90 Å². The zero-order valence-corrected chi connectivity index (χ0v) is 16.8. The van der Waals surface area contributed by atoms with Gasteiger partial charge < -0.3 is 18.9 Å². The molecule has 5 nitrogen and oxygen atoms in total. The summed E-state index contributed by atoms with van der Waals surface area (Å²) in [5.74, 6) is 0.684. The first kappa shape index (κ1) is 24.3. The van der Waals surface area contributed by atoms with Crippen LogP contribution in [0.3, 0.4) is 0 Å². The van der Waals surface area contributed by atoms with E-state index < -0.39 is 0 Å². The summed E-state index contributed by atoms with van der Waals surface area (Å²) in [6, 6.07) is 10.5. The lowest BCUT2D eigenvalue weighted by Crippen LogP contribution is -2.38. The van der Waals surface area contributed by atoms with Crippen LogP contribution in [-0.4, -0.2) is 72.9 Å². The van der Waals surface area contributed by atoms with Crippen molar-refractivity contribution >= 4 is 12.4 Å². The van der Waals surface area contributed by atoms with Crippen molar-refractivity contribution in [1.82, 2.24) is 4.90 Å². The van der Waals surface area contributed by atoms with Crippen molar-refractivity contribution in [3.8, 4) is 0 Å². The monoisotopic (exact) mass is 375 g/mol. The quantitative estimate of drug-likeness (QED) is 0.500. The molecule has 0 N–H and O–H groups in total. The summed E-state index contributed by atoms with van der Waals surface area (Å²) in [5, 5.41) is 0. The lowest BCUT2D eigenvalue weighted by Gasteiger charge is -2.30.